The molecule has 0 radical (unpaired) electrons. The summed E-state index contributed by atoms with van der Waals surface area (Å²) in [5, 5.41) is 2.86. The predicted octanol–water partition coefficient (Wildman–Crippen LogP) is 4.12. The number of pyridine rings is 2. The number of aromatic nitrogens is 2. The molecule has 0 saturated carbocycles. The number of methoxy groups -OCH3 is 1. The van der Waals surface area contributed by atoms with Gasteiger partial charge in [0.25, 0.3) is 5.91 Å². The number of hydrogen-bond acceptors (Lipinski definition) is 7. The van der Waals surface area contributed by atoms with E-state index < -0.39 is 12.1 Å². The smallest absolute Gasteiger partial charge is 0.347 e. The van der Waals surface area contributed by atoms with E-state index >= 15 is 0 Å². The van der Waals surface area contributed by atoms with Gasteiger partial charge in [-0.25, -0.2) is 4.79 Å². The molecule has 0 aliphatic heterocycles. The van der Waals surface area contributed by atoms with E-state index in [9.17, 15) is 9.59 Å². The Morgan fingerprint density at radius 1 is 0.892 bits per heavy atom. The monoisotopic (exact) mass is 497 g/mol. The molecule has 0 aliphatic rings. The minimum atomic E-state index is -0.797. The summed E-state index contributed by atoms with van der Waals surface area (Å²) in [6.45, 7) is 0.665. The van der Waals surface area contributed by atoms with Gasteiger partial charge in [-0.1, -0.05) is 30.3 Å². The van der Waals surface area contributed by atoms with Crippen LogP contribution in [0.5, 0.6) is 11.5 Å². The van der Waals surface area contributed by atoms with Crippen molar-refractivity contribution in [1.29, 1.82) is 0 Å². The van der Waals surface area contributed by atoms with Gasteiger partial charge in [0.05, 0.1) is 25.5 Å². The van der Waals surface area contributed by atoms with Crippen molar-refractivity contribution in [2.75, 3.05) is 20.3 Å². The summed E-state index contributed by atoms with van der Waals surface area (Å²) in [6, 6.07) is 23.8. The number of esters is 1. The van der Waals surface area contributed by atoms with Gasteiger partial charge in [-0.15, -0.1) is 0 Å². The highest BCUT2D eigenvalue weighted by Gasteiger charge is 2.22. The molecule has 0 aliphatic carbocycles. The normalized spacial score (nSPS) is 11.3. The topological polar surface area (TPSA) is 99.6 Å². The molecule has 0 spiro atoms. The Kier molecular flexibility index (Phi) is 8.80. The summed E-state index contributed by atoms with van der Waals surface area (Å²) < 4.78 is 16.4. The highest BCUT2D eigenvalue weighted by atomic mass is 16.6. The maximum absolute atomic E-state index is 12.4. The number of nitrogens with zero attached hydrogens (tertiary/aromatic N) is 2. The van der Waals surface area contributed by atoms with E-state index in [0.29, 0.717) is 36.6 Å². The molecule has 4 aromatic rings. The van der Waals surface area contributed by atoms with Crippen LogP contribution >= 0.6 is 0 Å². The summed E-state index contributed by atoms with van der Waals surface area (Å²) in [6.07, 6.45) is 4.45. The van der Waals surface area contributed by atoms with Gasteiger partial charge in [0.15, 0.2) is 6.10 Å². The molecule has 0 fully saturated rings. The molecule has 8 heteroatoms. The van der Waals surface area contributed by atoms with Crippen molar-refractivity contribution in [3.63, 3.8) is 0 Å². The average molecular weight is 498 g/mol. The lowest BCUT2D eigenvalue weighted by atomic mass is 10.1. The Bertz CT molecular complexity index is 1280. The van der Waals surface area contributed by atoms with Crippen LogP contribution in [0.4, 0.5) is 0 Å². The van der Waals surface area contributed by atoms with Crippen molar-refractivity contribution in [1.82, 2.24) is 15.3 Å². The Morgan fingerprint density at radius 2 is 1.70 bits per heavy atom. The highest BCUT2D eigenvalue weighted by molar-refractivity contribution is 5.94. The van der Waals surface area contributed by atoms with Crippen LogP contribution in [0, 0.1) is 0 Å². The van der Waals surface area contributed by atoms with E-state index in [-0.39, 0.29) is 5.91 Å². The average Bonchev–Trinajstić information content (AvgIpc) is 2.96. The summed E-state index contributed by atoms with van der Waals surface area (Å²) in [4.78, 5) is 32.9. The minimum Gasteiger partial charge on any atom is -0.492 e. The first-order valence-electron chi connectivity index (χ1n) is 11.8. The number of carbonyl (C=O) groups is 2. The summed E-state index contributed by atoms with van der Waals surface area (Å²) in [5.74, 6) is 0.504. The van der Waals surface area contributed by atoms with E-state index in [0.717, 1.165) is 16.8 Å². The van der Waals surface area contributed by atoms with Crippen molar-refractivity contribution < 1.29 is 23.8 Å². The number of nitrogens with one attached hydrogen (secondary N) is 1. The predicted molar refractivity (Wildman–Crippen MR) is 138 cm³/mol. The van der Waals surface area contributed by atoms with E-state index in [1.54, 1.807) is 42.9 Å². The molecule has 0 bridgehead atoms. The van der Waals surface area contributed by atoms with Crippen LogP contribution in [0.2, 0.25) is 0 Å². The second-order valence-electron chi connectivity index (χ2n) is 8.06. The third-order valence-corrected chi connectivity index (χ3v) is 5.49. The molecule has 1 unspecified atom stereocenters. The zero-order valence-corrected chi connectivity index (χ0v) is 20.4. The number of carbonyl (C=O) groups excluding carboxylic acids is 2. The van der Waals surface area contributed by atoms with Gasteiger partial charge in [-0.05, 0) is 54.1 Å². The van der Waals surface area contributed by atoms with E-state index in [1.807, 2.05) is 54.6 Å². The lowest BCUT2D eigenvalue weighted by Crippen LogP contribution is -2.31. The van der Waals surface area contributed by atoms with Crippen molar-refractivity contribution in [3.05, 3.63) is 109 Å². The first-order valence-corrected chi connectivity index (χ1v) is 11.8. The molecule has 37 heavy (non-hydrogen) atoms. The Labute approximate surface area is 215 Å². The molecule has 2 aromatic carbocycles. The van der Waals surface area contributed by atoms with E-state index in [2.05, 4.69) is 15.3 Å². The first-order chi connectivity index (χ1) is 18.1. The number of amides is 1. The fraction of sp³-hybridized carbons (Fsp3) is 0.172. The molecule has 4 rings (SSSR count). The van der Waals surface area contributed by atoms with Crippen LogP contribution in [0.1, 0.15) is 15.9 Å². The molecule has 0 saturated heterocycles. The van der Waals surface area contributed by atoms with Gasteiger partial charge in [0.2, 0.25) is 0 Å². The molecular weight excluding hydrogens is 470 g/mol. The van der Waals surface area contributed by atoms with Crippen molar-refractivity contribution in [2.45, 2.75) is 12.5 Å². The molecule has 1 amide bonds. The van der Waals surface area contributed by atoms with E-state index in [4.69, 9.17) is 14.2 Å². The zero-order chi connectivity index (χ0) is 25.9. The van der Waals surface area contributed by atoms with E-state index in [1.165, 1.54) is 7.11 Å². The summed E-state index contributed by atoms with van der Waals surface area (Å²) in [7, 11) is 1.33. The van der Waals surface area contributed by atoms with Crippen LogP contribution in [0.15, 0.2) is 97.5 Å². The lowest BCUT2D eigenvalue weighted by molar-refractivity contribution is -0.148. The maximum atomic E-state index is 12.4. The number of rotatable bonds is 11. The SMILES string of the molecule is COC(=O)C(Cc1ccc(OCCNC(=O)c2ccc(-c3ccccn3)cc2)cc1)Oc1cccnc1. The third kappa shape index (κ3) is 7.38. The standard InChI is InChI=1S/C29H27N3O5/c1-35-29(34)27(37-25-5-4-15-30-20-25)19-21-7-13-24(14-8-21)36-18-17-32-28(33)23-11-9-22(10-12-23)26-6-2-3-16-31-26/h2-16,20,27H,17-19H2,1H3,(H,32,33). The van der Waals surface area contributed by atoms with Crippen molar-refractivity contribution in [3.8, 4) is 22.8 Å². The second kappa shape index (κ2) is 12.8. The van der Waals surface area contributed by atoms with Crippen LogP contribution in [-0.4, -0.2) is 48.2 Å². The Balaban J connectivity index is 1.23. The minimum absolute atomic E-state index is 0.172. The van der Waals surface area contributed by atoms with Gasteiger partial charge < -0.3 is 19.5 Å². The number of ether oxygens (including phenoxy) is 3. The lowest BCUT2D eigenvalue weighted by Gasteiger charge is -2.17. The van der Waals surface area contributed by atoms with Gasteiger partial charge in [-0.3, -0.25) is 14.8 Å². The van der Waals surface area contributed by atoms with Gasteiger partial charge in [0, 0.05) is 29.9 Å². The second-order valence-corrected chi connectivity index (χ2v) is 8.06. The van der Waals surface area contributed by atoms with Gasteiger partial charge in [-0.2, -0.15) is 0 Å². The molecule has 8 nitrogen and oxygen atoms in total. The fourth-order valence-corrected chi connectivity index (χ4v) is 3.58. The fourth-order valence-electron chi connectivity index (χ4n) is 3.58. The van der Waals surface area contributed by atoms with Crippen LogP contribution < -0.4 is 14.8 Å². The van der Waals surface area contributed by atoms with Crippen LogP contribution in [0.3, 0.4) is 0 Å². The van der Waals surface area contributed by atoms with Crippen molar-refractivity contribution in [2.24, 2.45) is 0 Å². The van der Waals surface area contributed by atoms with Gasteiger partial charge >= 0.3 is 5.97 Å². The highest BCUT2D eigenvalue weighted by Crippen LogP contribution is 2.18. The zero-order valence-electron chi connectivity index (χ0n) is 20.4. The van der Waals surface area contributed by atoms with Crippen molar-refractivity contribution >= 4 is 11.9 Å². The molecule has 1 N–H and O–H groups in total. The molecule has 1 atom stereocenters. The third-order valence-electron chi connectivity index (χ3n) is 5.49. The molecule has 2 aromatic heterocycles. The maximum Gasteiger partial charge on any atom is 0.347 e. The molecular formula is C29H27N3O5. The number of hydrogen-bond donors (Lipinski definition) is 1. The summed E-state index contributed by atoms with van der Waals surface area (Å²) >= 11 is 0. The number of benzene rings is 2. The quantitative estimate of drug-likeness (QED) is 0.246. The molecule has 188 valence electrons. The Morgan fingerprint density at radius 3 is 2.38 bits per heavy atom. The Hall–Kier alpha value is -4.72. The van der Waals surface area contributed by atoms with Gasteiger partial charge in [0.1, 0.15) is 18.1 Å². The van der Waals surface area contributed by atoms with Crippen LogP contribution in [0.25, 0.3) is 11.3 Å². The summed E-state index contributed by atoms with van der Waals surface area (Å²) in [5.41, 5.74) is 3.26. The first kappa shape index (κ1) is 25.4. The van der Waals surface area contributed by atoms with Crippen LogP contribution in [-0.2, 0) is 16.0 Å². The molecule has 2 heterocycles. The largest absolute Gasteiger partial charge is 0.492 e.